The van der Waals surface area contributed by atoms with E-state index in [9.17, 15) is 9.59 Å². The molecule has 0 fully saturated rings. The van der Waals surface area contributed by atoms with Gasteiger partial charge in [0.1, 0.15) is 11.5 Å². The second kappa shape index (κ2) is 17.8. The molecule has 2 aliphatic rings. The van der Waals surface area contributed by atoms with Gasteiger partial charge in [-0.15, -0.1) is 37.9 Å². The second-order valence-electron chi connectivity index (χ2n) is 16.0. The van der Waals surface area contributed by atoms with Gasteiger partial charge in [0.05, 0.1) is 0 Å². The molecule has 312 valence electrons. The summed E-state index contributed by atoms with van der Waals surface area (Å²) in [5.41, 5.74) is 14.2. The van der Waals surface area contributed by atoms with Gasteiger partial charge in [0.25, 0.3) is 0 Å². The molecule has 0 saturated carbocycles. The standard InChI is InChI=1S/C59H40O3S3/c1-36-12-14-41(15-13-36)54-52(50(37-8-4-2-5-9-37)55(58(54)60)42-20-30-47(63)31-21-42)39-16-26-45(27-17-39)62-46-28-18-40(19-29-46)53-51(38-10-6-3-7-11-38)56(43-22-32-48(64)33-23-43)59(61)57(53)44-24-34-49(65)35-25-44/h2-35,63-65H,1H3. The first-order valence-corrected chi connectivity index (χ1v) is 22.6. The van der Waals surface area contributed by atoms with Crippen LogP contribution in [0.15, 0.2) is 221 Å². The van der Waals surface area contributed by atoms with Gasteiger partial charge in [0, 0.05) is 59.3 Å². The molecule has 6 heteroatoms. The first kappa shape index (κ1) is 41.9. The molecule has 0 aliphatic heterocycles. The van der Waals surface area contributed by atoms with E-state index in [0.29, 0.717) is 33.8 Å². The zero-order valence-corrected chi connectivity index (χ0v) is 37.9. The van der Waals surface area contributed by atoms with Crippen LogP contribution in [0.4, 0.5) is 0 Å². The molecule has 0 aromatic heterocycles. The van der Waals surface area contributed by atoms with Crippen LogP contribution in [0, 0.1) is 6.92 Å². The Balaban J connectivity index is 1.04. The Morgan fingerprint density at radius 2 is 0.508 bits per heavy atom. The van der Waals surface area contributed by atoms with Gasteiger partial charge in [-0.2, -0.15) is 0 Å². The number of aryl methyl sites for hydroxylation is 1. The number of benzene rings is 8. The summed E-state index contributed by atoms with van der Waals surface area (Å²) in [4.78, 5) is 32.1. The van der Waals surface area contributed by atoms with Gasteiger partial charge >= 0.3 is 0 Å². The number of hydrogen-bond donors (Lipinski definition) is 3. The van der Waals surface area contributed by atoms with Gasteiger partial charge in [-0.05, 0) is 112 Å². The third-order valence-electron chi connectivity index (χ3n) is 11.9. The van der Waals surface area contributed by atoms with Crippen LogP contribution < -0.4 is 4.74 Å². The van der Waals surface area contributed by atoms with Crippen LogP contribution in [0.5, 0.6) is 11.5 Å². The summed E-state index contributed by atoms with van der Waals surface area (Å²) in [5, 5.41) is 0. The van der Waals surface area contributed by atoms with Crippen molar-refractivity contribution in [1.29, 1.82) is 0 Å². The van der Waals surface area contributed by atoms with E-state index >= 15 is 0 Å². The summed E-state index contributed by atoms with van der Waals surface area (Å²) < 4.78 is 6.52. The maximum absolute atomic E-state index is 14.8. The highest BCUT2D eigenvalue weighted by molar-refractivity contribution is 7.80. The number of thiol groups is 3. The van der Waals surface area contributed by atoms with Crippen LogP contribution in [0.1, 0.15) is 50.1 Å². The number of ketones is 2. The predicted molar refractivity (Wildman–Crippen MR) is 275 cm³/mol. The largest absolute Gasteiger partial charge is 0.457 e. The van der Waals surface area contributed by atoms with Crippen LogP contribution in [0.25, 0.3) is 44.6 Å². The van der Waals surface area contributed by atoms with Gasteiger partial charge in [0.15, 0.2) is 11.6 Å². The van der Waals surface area contributed by atoms with Gasteiger partial charge in [0.2, 0.25) is 0 Å². The zero-order chi connectivity index (χ0) is 44.6. The first-order chi connectivity index (χ1) is 31.7. The lowest BCUT2D eigenvalue weighted by Crippen LogP contribution is -2.02. The monoisotopic (exact) mass is 892 g/mol. The minimum Gasteiger partial charge on any atom is -0.457 e. The maximum Gasteiger partial charge on any atom is 0.195 e. The molecule has 8 aromatic rings. The lowest BCUT2D eigenvalue weighted by atomic mass is 9.89. The minimum atomic E-state index is -0.0457. The van der Waals surface area contributed by atoms with Crippen LogP contribution >= 0.6 is 37.9 Å². The van der Waals surface area contributed by atoms with Crippen molar-refractivity contribution in [3.8, 4) is 11.5 Å². The molecular weight excluding hydrogens is 853 g/mol. The topological polar surface area (TPSA) is 43.4 Å². The van der Waals surface area contributed by atoms with Crippen molar-refractivity contribution in [3.63, 3.8) is 0 Å². The molecule has 0 unspecified atom stereocenters. The Morgan fingerprint density at radius 3 is 0.800 bits per heavy atom. The number of allylic oxidation sites excluding steroid dienone is 8. The third-order valence-corrected chi connectivity index (χ3v) is 12.8. The van der Waals surface area contributed by atoms with Crippen LogP contribution in [-0.4, -0.2) is 11.6 Å². The molecule has 10 rings (SSSR count). The average molecular weight is 893 g/mol. The molecule has 0 amide bonds. The Kier molecular flexibility index (Phi) is 11.5. The van der Waals surface area contributed by atoms with Crippen molar-refractivity contribution in [3.05, 3.63) is 256 Å². The van der Waals surface area contributed by atoms with Crippen LogP contribution in [0.2, 0.25) is 0 Å². The number of Topliss-reactive ketones (excluding diaryl/α,β-unsaturated/α-hetero) is 2. The van der Waals surface area contributed by atoms with Gasteiger partial charge in [-0.3, -0.25) is 9.59 Å². The number of ether oxygens (including phenoxy) is 1. The fraction of sp³-hybridized carbons (Fsp3) is 0.0169. The Morgan fingerprint density at radius 1 is 0.277 bits per heavy atom. The van der Waals surface area contributed by atoms with Crippen LogP contribution in [-0.2, 0) is 9.59 Å². The molecule has 8 aromatic carbocycles. The smallest absolute Gasteiger partial charge is 0.195 e. The van der Waals surface area contributed by atoms with Crippen molar-refractivity contribution >= 4 is 94.0 Å². The van der Waals surface area contributed by atoms with E-state index < -0.39 is 0 Å². The second-order valence-corrected chi connectivity index (χ2v) is 17.6. The minimum absolute atomic E-state index is 0.0241. The lowest BCUT2D eigenvalue weighted by molar-refractivity contribution is -0.109. The molecule has 65 heavy (non-hydrogen) atoms. The molecule has 0 spiro atoms. The summed E-state index contributed by atoms with van der Waals surface area (Å²) in [6, 6.07) is 67.5. The molecule has 0 bridgehead atoms. The van der Waals surface area contributed by atoms with Gasteiger partial charge in [-0.25, -0.2) is 0 Å². The normalized spacial score (nSPS) is 14.0. The summed E-state index contributed by atoms with van der Waals surface area (Å²) in [6.45, 7) is 2.05. The predicted octanol–water partition coefficient (Wildman–Crippen LogP) is 14.9. The summed E-state index contributed by atoms with van der Waals surface area (Å²) in [6.07, 6.45) is 0. The quantitative estimate of drug-likeness (QED) is 0.120. The van der Waals surface area contributed by atoms with Gasteiger partial charge in [-0.1, -0.05) is 151 Å². The zero-order valence-electron chi connectivity index (χ0n) is 35.2. The summed E-state index contributed by atoms with van der Waals surface area (Å²) >= 11 is 13.6. The van der Waals surface area contributed by atoms with Crippen molar-refractivity contribution in [2.75, 3.05) is 0 Å². The lowest BCUT2D eigenvalue weighted by Gasteiger charge is -2.15. The third kappa shape index (κ3) is 8.17. The molecule has 0 N–H and O–H groups in total. The van der Waals surface area contributed by atoms with Gasteiger partial charge < -0.3 is 4.74 Å². The average Bonchev–Trinajstić information content (AvgIpc) is 3.82. The van der Waals surface area contributed by atoms with Crippen molar-refractivity contribution in [2.45, 2.75) is 21.6 Å². The molecule has 0 atom stereocenters. The van der Waals surface area contributed by atoms with E-state index in [1.807, 2.05) is 189 Å². The molecular formula is C59H40O3S3. The van der Waals surface area contributed by atoms with Crippen molar-refractivity contribution in [1.82, 2.24) is 0 Å². The van der Waals surface area contributed by atoms with E-state index in [-0.39, 0.29) is 11.6 Å². The fourth-order valence-corrected chi connectivity index (χ4v) is 9.24. The van der Waals surface area contributed by atoms with E-state index in [1.54, 1.807) is 0 Å². The highest BCUT2D eigenvalue weighted by Gasteiger charge is 2.37. The summed E-state index contributed by atoms with van der Waals surface area (Å²) in [7, 11) is 0. The Hall–Kier alpha value is -7.09. The fourth-order valence-electron chi connectivity index (χ4n) is 8.79. The number of carbonyl (C=O) groups excluding carboxylic acids is 2. The van der Waals surface area contributed by atoms with E-state index in [0.717, 1.165) is 87.0 Å². The first-order valence-electron chi connectivity index (χ1n) is 21.2. The number of rotatable bonds is 10. The highest BCUT2D eigenvalue weighted by atomic mass is 32.1. The Labute approximate surface area is 395 Å². The van der Waals surface area contributed by atoms with Crippen LogP contribution in [0.3, 0.4) is 0 Å². The maximum atomic E-state index is 14.8. The molecule has 0 saturated heterocycles. The van der Waals surface area contributed by atoms with Crippen molar-refractivity contribution in [2.24, 2.45) is 0 Å². The van der Waals surface area contributed by atoms with Crippen molar-refractivity contribution < 1.29 is 14.3 Å². The van der Waals surface area contributed by atoms with E-state index in [1.165, 1.54) is 0 Å². The van der Waals surface area contributed by atoms with E-state index in [2.05, 4.69) is 62.2 Å². The molecule has 3 nitrogen and oxygen atoms in total. The molecule has 0 radical (unpaired) electrons. The number of carbonyl (C=O) groups is 2. The summed E-state index contributed by atoms with van der Waals surface area (Å²) in [5.74, 6) is 1.21. The molecule has 0 heterocycles. The van der Waals surface area contributed by atoms with E-state index in [4.69, 9.17) is 4.74 Å². The number of hydrogen-bond acceptors (Lipinski definition) is 6. The Bertz CT molecular complexity index is 3030. The SMILES string of the molecule is Cc1ccc(C2=C(c3ccc(Oc4ccc(C5=C(c6ccc(S)cc6)C(=O)C(c6ccc(S)cc6)=C5c5ccccc5)cc4)cc3)C(c3ccccc3)=C(c3ccc(S)cc3)C2=O)cc1. The molecule has 2 aliphatic carbocycles. The highest BCUT2D eigenvalue weighted by Crippen LogP contribution is 2.52.